The summed E-state index contributed by atoms with van der Waals surface area (Å²) in [5, 5.41) is 11.4. The van der Waals surface area contributed by atoms with Crippen LogP contribution in [0.15, 0.2) is 83.9 Å². The predicted octanol–water partition coefficient (Wildman–Crippen LogP) is 5.18. The zero-order chi connectivity index (χ0) is 22.5. The van der Waals surface area contributed by atoms with Gasteiger partial charge in [-0.05, 0) is 23.8 Å². The summed E-state index contributed by atoms with van der Waals surface area (Å²) in [4.78, 5) is 20.1. The van der Waals surface area contributed by atoms with Crippen molar-refractivity contribution in [2.75, 3.05) is 37.0 Å². The molecule has 0 fully saturated rings. The van der Waals surface area contributed by atoms with E-state index in [2.05, 4.69) is 41.1 Å². The van der Waals surface area contributed by atoms with E-state index in [1.165, 1.54) is 5.56 Å². The lowest BCUT2D eigenvalue weighted by Crippen LogP contribution is -2.20. The molecule has 6 nitrogen and oxygen atoms in total. The first kappa shape index (κ1) is 21.3. The molecule has 32 heavy (non-hydrogen) atoms. The van der Waals surface area contributed by atoms with E-state index in [4.69, 9.17) is 4.99 Å². The van der Waals surface area contributed by atoms with Crippen molar-refractivity contribution in [1.82, 2.24) is 0 Å². The molecule has 0 unspecified atom stereocenters. The van der Waals surface area contributed by atoms with Crippen molar-refractivity contribution in [3.8, 4) is 0 Å². The number of hydrogen-bond acceptors (Lipinski definition) is 5. The third kappa shape index (κ3) is 4.70. The molecule has 1 aliphatic heterocycles. The minimum Gasteiger partial charge on any atom is -0.372 e. The molecule has 0 amide bonds. The maximum Gasteiger partial charge on any atom is 0.270 e. The van der Waals surface area contributed by atoms with Gasteiger partial charge in [-0.3, -0.25) is 15.1 Å². The van der Waals surface area contributed by atoms with Crippen LogP contribution < -0.4 is 9.80 Å². The fourth-order valence-electron chi connectivity index (χ4n) is 3.94. The maximum atomic E-state index is 11.4. The number of nitro groups is 1. The number of allylic oxidation sites excluding steroid dienone is 1. The van der Waals surface area contributed by atoms with E-state index in [0.29, 0.717) is 13.1 Å². The van der Waals surface area contributed by atoms with Gasteiger partial charge in [0.25, 0.3) is 5.69 Å². The zero-order valence-corrected chi connectivity index (χ0v) is 18.3. The third-order valence-corrected chi connectivity index (χ3v) is 5.63. The van der Waals surface area contributed by atoms with Crippen molar-refractivity contribution in [2.24, 2.45) is 4.99 Å². The Morgan fingerprint density at radius 1 is 1.06 bits per heavy atom. The number of para-hydroxylation sites is 1. The molecule has 6 heteroatoms. The number of non-ortho nitro benzene ring substituents is 1. The van der Waals surface area contributed by atoms with Gasteiger partial charge in [0.05, 0.1) is 17.2 Å². The second kappa shape index (κ2) is 9.47. The molecule has 0 aliphatic carbocycles. The average molecular weight is 427 g/mol. The van der Waals surface area contributed by atoms with E-state index in [9.17, 15) is 10.1 Å². The number of anilines is 2. The van der Waals surface area contributed by atoms with Gasteiger partial charge in [0.15, 0.2) is 0 Å². The van der Waals surface area contributed by atoms with Crippen molar-refractivity contribution >= 4 is 28.8 Å². The minimum absolute atomic E-state index is 0.0736. The van der Waals surface area contributed by atoms with Crippen LogP contribution in [0, 0.1) is 10.1 Å². The van der Waals surface area contributed by atoms with Crippen LogP contribution in [0.5, 0.6) is 0 Å². The van der Waals surface area contributed by atoms with Gasteiger partial charge < -0.3 is 9.80 Å². The molecule has 0 spiro atoms. The van der Waals surface area contributed by atoms with Crippen molar-refractivity contribution in [1.29, 1.82) is 0 Å². The summed E-state index contributed by atoms with van der Waals surface area (Å²) < 4.78 is 0. The lowest BCUT2D eigenvalue weighted by atomic mass is 10.0. The Kier molecular flexibility index (Phi) is 6.31. The van der Waals surface area contributed by atoms with Crippen LogP contribution in [-0.2, 0) is 6.54 Å². The van der Waals surface area contributed by atoms with Gasteiger partial charge in [0.1, 0.15) is 0 Å². The van der Waals surface area contributed by atoms with Crippen LogP contribution in [0.1, 0.15) is 16.7 Å². The Bertz CT molecular complexity index is 1170. The van der Waals surface area contributed by atoms with Crippen LogP contribution in [0.2, 0.25) is 0 Å². The molecular weight excluding hydrogens is 400 g/mol. The SMILES string of the molecule is CN(Cc1ccccc1)c1ccc([N+](=O)[O-])cc1C=CC1=NCCN(C)c2ccccc21. The van der Waals surface area contributed by atoms with Crippen LogP contribution >= 0.6 is 0 Å². The molecule has 1 heterocycles. The molecule has 0 aromatic heterocycles. The highest BCUT2D eigenvalue weighted by Crippen LogP contribution is 2.28. The topological polar surface area (TPSA) is 62.0 Å². The molecular formula is C26H26N4O2. The molecule has 0 saturated carbocycles. The largest absolute Gasteiger partial charge is 0.372 e. The van der Waals surface area contributed by atoms with Gasteiger partial charge in [0, 0.05) is 61.8 Å². The lowest BCUT2D eigenvalue weighted by Gasteiger charge is -2.21. The lowest BCUT2D eigenvalue weighted by molar-refractivity contribution is -0.384. The van der Waals surface area contributed by atoms with Crippen molar-refractivity contribution < 1.29 is 4.92 Å². The van der Waals surface area contributed by atoms with E-state index in [1.54, 1.807) is 12.1 Å². The summed E-state index contributed by atoms with van der Waals surface area (Å²) in [6.45, 7) is 2.24. The predicted molar refractivity (Wildman–Crippen MR) is 132 cm³/mol. The summed E-state index contributed by atoms with van der Waals surface area (Å²) >= 11 is 0. The molecule has 0 bridgehead atoms. The molecule has 4 rings (SSSR count). The summed E-state index contributed by atoms with van der Waals surface area (Å²) in [6.07, 6.45) is 3.90. The number of benzodiazepines with no additional fused rings is 1. The molecule has 0 N–H and O–H groups in total. The smallest absolute Gasteiger partial charge is 0.270 e. The Morgan fingerprint density at radius 2 is 1.81 bits per heavy atom. The third-order valence-electron chi connectivity index (χ3n) is 5.63. The van der Waals surface area contributed by atoms with Crippen molar-refractivity contribution in [2.45, 2.75) is 6.54 Å². The number of rotatable bonds is 6. The monoisotopic (exact) mass is 426 g/mol. The molecule has 3 aromatic rings. The van der Waals surface area contributed by atoms with Crippen LogP contribution in [-0.4, -0.2) is 37.8 Å². The quantitative estimate of drug-likeness (QED) is 0.402. The van der Waals surface area contributed by atoms with Gasteiger partial charge in [-0.2, -0.15) is 0 Å². The first-order chi connectivity index (χ1) is 15.5. The van der Waals surface area contributed by atoms with Gasteiger partial charge in [-0.1, -0.05) is 54.6 Å². The van der Waals surface area contributed by atoms with Crippen LogP contribution in [0.3, 0.4) is 0 Å². The summed E-state index contributed by atoms with van der Waals surface area (Å²) in [5.41, 5.74) is 6.04. The number of benzene rings is 3. The maximum absolute atomic E-state index is 11.4. The highest BCUT2D eigenvalue weighted by molar-refractivity contribution is 6.14. The Morgan fingerprint density at radius 3 is 2.59 bits per heavy atom. The molecule has 0 saturated heterocycles. The van der Waals surface area contributed by atoms with Gasteiger partial charge >= 0.3 is 0 Å². The Balaban J connectivity index is 1.70. The number of nitrogens with zero attached hydrogens (tertiary/aromatic N) is 4. The average Bonchev–Trinajstić information content (AvgIpc) is 2.97. The normalized spacial score (nSPS) is 13.4. The molecule has 3 aromatic carbocycles. The van der Waals surface area contributed by atoms with E-state index in [-0.39, 0.29) is 10.6 Å². The second-order valence-corrected chi connectivity index (χ2v) is 7.88. The van der Waals surface area contributed by atoms with Gasteiger partial charge in [0.2, 0.25) is 0 Å². The Labute approximate surface area is 188 Å². The van der Waals surface area contributed by atoms with Crippen LogP contribution in [0.25, 0.3) is 6.08 Å². The number of likely N-dealkylation sites (N-methyl/N-ethyl adjacent to an activating group) is 1. The molecule has 1 aliphatic rings. The van der Waals surface area contributed by atoms with Gasteiger partial charge in [-0.15, -0.1) is 0 Å². The highest BCUT2D eigenvalue weighted by Gasteiger charge is 2.16. The first-order valence-corrected chi connectivity index (χ1v) is 10.6. The molecule has 0 radical (unpaired) electrons. The highest BCUT2D eigenvalue weighted by atomic mass is 16.6. The number of hydrogen-bond donors (Lipinski definition) is 0. The first-order valence-electron chi connectivity index (χ1n) is 10.6. The second-order valence-electron chi connectivity index (χ2n) is 7.88. The van der Waals surface area contributed by atoms with E-state index >= 15 is 0 Å². The fraction of sp³-hybridized carbons (Fsp3) is 0.192. The van der Waals surface area contributed by atoms with Gasteiger partial charge in [-0.25, -0.2) is 0 Å². The fourth-order valence-corrected chi connectivity index (χ4v) is 3.94. The van der Waals surface area contributed by atoms with Crippen LogP contribution in [0.4, 0.5) is 17.1 Å². The number of aliphatic imine (C=N–C) groups is 1. The van der Waals surface area contributed by atoms with E-state index < -0.39 is 0 Å². The summed E-state index contributed by atoms with van der Waals surface area (Å²) in [5.74, 6) is 0. The number of nitro benzene ring substituents is 1. The zero-order valence-electron chi connectivity index (χ0n) is 18.3. The summed E-state index contributed by atoms with van der Waals surface area (Å²) in [7, 11) is 4.07. The van der Waals surface area contributed by atoms with Crippen molar-refractivity contribution in [3.05, 3.63) is 106 Å². The molecule has 162 valence electrons. The molecule has 0 atom stereocenters. The Hall–Kier alpha value is -3.93. The summed E-state index contributed by atoms with van der Waals surface area (Å²) in [6, 6.07) is 23.4. The van der Waals surface area contributed by atoms with E-state index in [0.717, 1.165) is 34.8 Å². The standard InChI is InChI=1S/C26H26N4O2/c1-28-17-16-27-24(23-10-6-7-11-26(23)28)14-12-21-18-22(30(31)32)13-15-25(21)29(2)19-20-8-4-3-5-9-20/h3-15,18H,16-17,19H2,1-2H3. The number of fused-ring (bicyclic) bond motifs is 1. The van der Waals surface area contributed by atoms with E-state index in [1.807, 2.05) is 55.6 Å². The minimum atomic E-state index is -0.355. The van der Waals surface area contributed by atoms with Crippen molar-refractivity contribution in [3.63, 3.8) is 0 Å².